The Kier molecular flexibility index (Phi) is 4.09. The minimum Gasteiger partial charge on any atom is -0.389 e. The second kappa shape index (κ2) is 5.72. The van der Waals surface area contributed by atoms with Gasteiger partial charge < -0.3 is 15.7 Å². The SMILES string of the molecule is CC(O)c1ccc(C(N)=O)c(N2CCC3(CC2)CC3)c1S(N)(=O)=O. The van der Waals surface area contributed by atoms with Crippen LogP contribution in [0.25, 0.3) is 0 Å². The Morgan fingerprint density at radius 1 is 1.25 bits per heavy atom. The first-order valence-electron chi connectivity index (χ1n) is 8.07. The third-order valence-corrected chi connectivity index (χ3v) is 6.26. The van der Waals surface area contributed by atoms with Crippen LogP contribution in [0.5, 0.6) is 0 Å². The highest BCUT2D eigenvalue weighted by Crippen LogP contribution is 2.54. The highest BCUT2D eigenvalue weighted by Gasteiger charge is 2.45. The topological polar surface area (TPSA) is 127 Å². The third-order valence-electron chi connectivity index (χ3n) is 5.26. The molecular formula is C16H23N3O4S. The summed E-state index contributed by atoms with van der Waals surface area (Å²) in [6, 6.07) is 2.87. The Morgan fingerprint density at radius 2 is 1.83 bits per heavy atom. The van der Waals surface area contributed by atoms with E-state index < -0.39 is 22.0 Å². The number of piperidine rings is 1. The number of nitrogens with zero attached hydrogens (tertiary/aromatic N) is 1. The van der Waals surface area contributed by atoms with Crippen LogP contribution in [0.1, 0.15) is 54.6 Å². The monoisotopic (exact) mass is 353 g/mol. The summed E-state index contributed by atoms with van der Waals surface area (Å²) >= 11 is 0. The average molecular weight is 353 g/mol. The number of aliphatic hydroxyl groups is 1. The molecule has 2 aliphatic rings. The zero-order valence-electron chi connectivity index (χ0n) is 13.7. The van der Waals surface area contributed by atoms with Gasteiger partial charge in [0, 0.05) is 18.7 Å². The fourth-order valence-electron chi connectivity index (χ4n) is 3.61. The Labute approximate surface area is 141 Å². The van der Waals surface area contributed by atoms with Crippen molar-refractivity contribution in [2.24, 2.45) is 16.3 Å². The maximum atomic E-state index is 12.2. The molecule has 1 amide bonds. The van der Waals surface area contributed by atoms with Crippen LogP contribution >= 0.6 is 0 Å². The van der Waals surface area contributed by atoms with E-state index in [4.69, 9.17) is 10.9 Å². The van der Waals surface area contributed by atoms with Crippen LogP contribution in [-0.4, -0.2) is 32.5 Å². The maximum Gasteiger partial charge on any atom is 0.250 e. The molecule has 0 aromatic heterocycles. The first kappa shape index (κ1) is 17.2. The fraction of sp³-hybridized carbons (Fsp3) is 0.562. The standard InChI is InChI=1S/C16H23N3O4S/c1-10(20)11-2-3-12(15(17)21)13(14(11)24(18,22)23)19-8-6-16(4-5-16)7-9-19/h2-3,10,20H,4-9H2,1H3,(H2,17,21)(H2,18,22,23). The van der Waals surface area contributed by atoms with E-state index in [0.29, 0.717) is 18.5 Å². The summed E-state index contributed by atoms with van der Waals surface area (Å²) in [5.74, 6) is -0.709. The Balaban J connectivity index is 2.16. The van der Waals surface area contributed by atoms with Crippen LogP contribution in [0.3, 0.4) is 0 Å². The van der Waals surface area contributed by atoms with Crippen LogP contribution in [0, 0.1) is 5.41 Å². The minimum atomic E-state index is -4.14. The fourth-order valence-corrected chi connectivity index (χ4v) is 4.68. The van der Waals surface area contributed by atoms with E-state index in [1.807, 2.05) is 4.90 Å². The molecule has 1 aliphatic heterocycles. The zero-order valence-corrected chi connectivity index (χ0v) is 14.5. The lowest BCUT2D eigenvalue weighted by atomic mass is 9.92. The Morgan fingerprint density at radius 3 is 2.25 bits per heavy atom. The van der Waals surface area contributed by atoms with Gasteiger partial charge in [0.15, 0.2) is 0 Å². The number of carbonyl (C=O) groups is 1. The molecule has 8 heteroatoms. The highest BCUT2D eigenvalue weighted by molar-refractivity contribution is 7.89. The van der Waals surface area contributed by atoms with Gasteiger partial charge in [-0.1, -0.05) is 6.07 Å². The van der Waals surface area contributed by atoms with Gasteiger partial charge in [-0.15, -0.1) is 0 Å². The van der Waals surface area contributed by atoms with Crippen molar-refractivity contribution in [3.8, 4) is 0 Å². The van der Waals surface area contributed by atoms with Crippen LogP contribution < -0.4 is 15.8 Å². The number of sulfonamides is 1. The number of hydrogen-bond acceptors (Lipinski definition) is 5. The lowest BCUT2D eigenvalue weighted by Gasteiger charge is -2.36. The summed E-state index contributed by atoms with van der Waals surface area (Å²) in [5, 5.41) is 15.4. The molecular weight excluding hydrogens is 330 g/mol. The molecule has 2 fully saturated rings. The molecule has 1 atom stereocenters. The summed E-state index contributed by atoms with van der Waals surface area (Å²) in [6.07, 6.45) is 3.29. The largest absolute Gasteiger partial charge is 0.389 e. The molecule has 5 N–H and O–H groups in total. The highest BCUT2D eigenvalue weighted by atomic mass is 32.2. The minimum absolute atomic E-state index is 0.121. The number of aliphatic hydroxyl groups excluding tert-OH is 1. The van der Waals surface area contributed by atoms with Gasteiger partial charge >= 0.3 is 0 Å². The molecule has 0 bridgehead atoms. The van der Waals surface area contributed by atoms with Gasteiger partial charge in [0.25, 0.3) is 5.91 Å². The van der Waals surface area contributed by atoms with E-state index in [-0.39, 0.29) is 21.7 Å². The van der Waals surface area contributed by atoms with Crippen LogP contribution in [0.2, 0.25) is 0 Å². The maximum absolute atomic E-state index is 12.2. The van der Waals surface area contributed by atoms with Crippen molar-refractivity contribution >= 4 is 21.6 Å². The van der Waals surface area contributed by atoms with Crippen LogP contribution in [0.4, 0.5) is 5.69 Å². The summed E-state index contributed by atoms with van der Waals surface area (Å²) in [5.41, 5.74) is 6.40. The average Bonchev–Trinajstić information content (AvgIpc) is 3.24. The second-order valence-corrected chi connectivity index (χ2v) is 8.45. The quantitative estimate of drug-likeness (QED) is 0.740. The Hall–Kier alpha value is -1.64. The number of anilines is 1. The summed E-state index contributed by atoms with van der Waals surface area (Å²) in [7, 11) is -4.14. The molecule has 132 valence electrons. The number of rotatable bonds is 4. The smallest absolute Gasteiger partial charge is 0.250 e. The molecule has 1 aromatic rings. The molecule has 0 radical (unpaired) electrons. The molecule has 3 rings (SSSR count). The molecule has 1 unspecified atom stereocenters. The van der Waals surface area contributed by atoms with E-state index in [1.165, 1.54) is 31.9 Å². The predicted octanol–water partition coefficient (Wildman–Crippen LogP) is 0.867. The molecule has 7 nitrogen and oxygen atoms in total. The van der Waals surface area contributed by atoms with Gasteiger partial charge in [-0.3, -0.25) is 4.79 Å². The third kappa shape index (κ3) is 3.01. The van der Waals surface area contributed by atoms with Gasteiger partial charge in [0.2, 0.25) is 10.0 Å². The number of primary amides is 1. The number of hydrogen-bond donors (Lipinski definition) is 3. The summed E-state index contributed by atoms with van der Waals surface area (Å²) in [6.45, 7) is 2.76. The predicted molar refractivity (Wildman–Crippen MR) is 90.1 cm³/mol. The van der Waals surface area contributed by atoms with Gasteiger partial charge in [-0.25, -0.2) is 13.6 Å². The van der Waals surface area contributed by atoms with Gasteiger partial charge in [0.1, 0.15) is 4.90 Å². The van der Waals surface area contributed by atoms with E-state index >= 15 is 0 Å². The van der Waals surface area contributed by atoms with Gasteiger partial charge in [-0.05, 0) is 44.1 Å². The first-order chi connectivity index (χ1) is 11.1. The molecule has 1 aromatic carbocycles. The lowest BCUT2D eigenvalue weighted by Crippen LogP contribution is -2.37. The number of amides is 1. The van der Waals surface area contributed by atoms with Crippen molar-refractivity contribution in [3.63, 3.8) is 0 Å². The van der Waals surface area contributed by atoms with Gasteiger partial charge in [-0.2, -0.15) is 0 Å². The number of carbonyl (C=O) groups excluding carboxylic acids is 1. The van der Waals surface area contributed by atoms with E-state index in [9.17, 15) is 18.3 Å². The van der Waals surface area contributed by atoms with Crippen molar-refractivity contribution < 1.29 is 18.3 Å². The molecule has 1 heterocycles. The molecule has 1 aliphatic carbocycles. The number of primary sulfonamides is 1. The van der Waals surface area contributed by atoms with Crippen molar-refractivity contribution in [2.45, 2.75) is 43.6 Å². The van der Waals surface area contributed by atoms with Gasteiger partial charge in [0.05, 0.1) is 17.4 Å². The van der Waals surface area contributed by atoms with Crippen molar-refractivity contribution in [2.75, 3.05) is 18.0 Å². The van der Waals surface area contributed by atoms with Crippen molar-refractivity contribution in [3.05, 3.63) is 23.3 Å². The molecule has 1 saturated heterocycles. The summed E-state index contributed by atoms with van der Waals surface area (Å²) < 4.78 is 24.4. The van der Waals surface area contributed by atoms with Crippen LogP contribution in [0.15, 0.2) is 17.0 Å². The normalized spacial score (nSPS) is 20.9. The molecule has 24 heavy (non-hydrogen) atoms. The van der Waals surface area contributed by atoms with Crippen molar-refractivity contribution in [1.82, 2.24) is 0 Å². The number of benzene rings is 1. The zero-order chi connectivity index (χ0) is 17.7. The molecule has 1 saturated carbocycles. The molecule has 1 spiro atoms. The van der Waals surface area contributed by atoms with E-state index in [1.54, 1.807) is 0 Å². The van der Waals surface area contributed by atoms with E-state index in [0.717, 1.165) is 12.8 Å². The Bertz CT molecular complexity index is 775. The number of nitrogens with two attached hydrogens (primary N) is 2. The van der Waals surface area contributed by atoms with Crippen molar-refractivity contribution in [1.29, 1.82) is 0 Å². The van der Waals surface area contributed by atoms with Crippen LogP contribution in [-0.2, 0) is 10.0 Å². The first-order valence-corrected chi connectivity index (χ1v) is 9.62. The summed E-state index contributed by atoms with van der Waals surface area (Å²) in [4.78, 5) is 13.5. The lowest BCUT2D eigenvalue weighted by molar-refractivity contribution is 0.1000. The van der Waals surface area contributed by atoms with E-state index in [2.05, 4.69) is 0 Å². The second-order valence-electron chi connectivity index (χ2n) is 6.95.